The van der Waals surface area contributed by atoms with Gasteiger partial charge in [-0.1, -0.05) is 58.4 Å². The number of pyridine rings is 1. The van der Waals surface area contributed by atoms with Gasteiger partial charge in [-0.2, -0.15) is 0 Å². The van der Waals surface area contributed by atoms with Crippen LogP contribution in [0.1, 0.15) is 31.2 Å². The molecule has 6 rings (SSSR count). The van der Waals surface area contributed by atoms with Crippen LogP contribution in [0.2, 0.25) is 0 Å². The molecular formula is C29H32BrN5O4. The number of aliphatic hydroxyl groups is 1. The minimum atomic E-state index is -0.779. The molecule has 2 aromatic heterocycles. The predicted octanol–water partition coefficient (Wildman–Crippen LogP) is 4.44. The number of hydrogen-bond acceptors (Lipinski definition) is 8. The number of hydrogen-bond donors (Lipinski definition) is 2. The molecule has 4 aromatic rings. The Balaban J connectivity index is 1.35. The molecule has 204 valence electrons. The number of benzene rings is 2. The Kier molecular flexibility index (Phi) is 7.07. The molecule has 0 aliphatic carbocycles. The molecule has 0 bridgehead atoms. The molecule has 0 spiro atoms. The van der Waals surface area contributed by atoms with Gasteiger partial charge < -0.3 is 30.0 Å². The van der Waals surface area contributed by atoms with E-state index in [4.69, 9.17) is 24.9 Å². The molecule has 0 saturated carbocycles. The molecule has 3 N–H and O–H groups in total. The van der Waals surface area contributed by atoms with Crippen LogP contribution in [-0.4, -0.2) is 56.9 Å². The van der Waals surface area contributed by atoms with E-state index in [0.717, 1.165) is 23.3 Å². The predicted molar refractivity (Wildman–Crippen MR) is 152 cm³/mol. The van der Waals surface area contributed by atoms with Gasteiger partial charge in [-0.05, 0) is 43.5 Å². The molecule has 4 atom stereocenters. The average molecular weight is 595 g/mol. The van der Waals surface area contributed by atoms with Gasteiger partial charge in [0.2, 0.25) is 0 Å². The molecule has 2 aliphatic rings. The monoisotopic (exact) mass is 593 g/mol. The summed E-state index contributed by atoms with van der Waals surface area (Å²) in [6.45, 7) is 4.97. The molecule has 10 heteroatoms. The lowest BCUT2D eigenvalue weighted by Gasteiger charge is -2.26. The molecule has 2 aliphatic heterocycles. The summed E-state index contributed by atoms with van der Waals surface area (Å²) in [5.74, 6) is -0.0296. The fourth-order valence-electron chi connectivity index (χ4n) is 5.39. The van der Waals surface area contributed by atoms with Crippen molar-refractivity contribution in [1.82, 2.24) is 14.5 Å². The lowest BCUT2D eigenvalue weighted by molar-refractivity contribution is -0.199. The molecule has 4 heterocycles. The minimum absolute atomic E-state index is 0.175. The number of ether oxygens (including phenoxy) is 3. The zero-order chi connectivity index (χ0) is 27.1. The Bertz CT molecular complexity index is 1450. The molecule has 9 nitrogen and oxygen atoms in total. The maximum absolute atomic E-state index is 9.95. The molecule has 39 heavy (non-hydrogen) atoms. The summed E-state index contributed by atoms with van der Waals surface area (Å²) in [4.78, 5) is 11.9. The van der Waals surface area contributed by atoms with Crippen molar-refractivity contribution in [3.8, 4) is 0 Å². The fourth-order valence-corrected chi connectivity index (χ4v) is 5.65. The smallest absolute Gasteiger partial charge is 0.166 e. The number of nitrogen functional groups attached to an aromatic ring is 1. The zero-order valence-corrected chi connectivity index (χ0v) is 23.5. The number of aromatic nitrogens is 3. The van der Waals surface area contributed by atoms with E-state index in [0.29, 0.717) is 23.4 Å². The van der Waals surface area contributed by atoms with Crippen LogP contribution in [0, 0.1) is 0 Å². The van der Waals surface area contributed by atoms with Gasteiger partial charge in [-0.3, -0.25) is 4.57 Å². The van der Waals surface area contributed by atoms with Crippen LogP contribution in [0.5, 0.6) is 0 Å². The highest BCUT2D eigenvalue weighted by atomic mass is 79.9. The number of nitrogens with zero attached hydrogens (tertiary/aromatic N) is 4. The summed E-state index contributed by atoms with van der Waals surface area (Å²) in [6.07, 6.45) is 0.628. The second-order valence-corrected chi connectivity index (χ2v) is 11.4. The van der Waals surface area contributed by atoms with E-state index in [9.17, 15) is 5.11 Å². The summed E-state index contributed by atoms with van der Waals surface area (Å²) in [6, 6.07) is 20.6. The molecule has 2 saturated heterocycles. The first-order valence-electron chi connectivity index (χ1n) is 13.1. The second-order valence-electron chi connectivity index (χ2n) is 10.5. The maximum atomic E-state index is 9.95. The second kappa shape index (κ2) is 10.5. The summed E-state index contributed by atoms with van der Waals surface area (Å²) < 4.78 is 21.4. The van der Waals surface area contributed by atoms with Crippen molar-refractivity contribution in [3.05, 3.63) is 82.6 Å². The first kappa shape index (κ1) is 26.2. The van der Waals surface area contributed by atoms with Gasteiger partial charge in [-0.15, -0.1) is 0 Å². The van der Waals surface area contributed by atoms with Crippen LogP contribution in [0.15, 0.2) is 71.5 Å². The van der Waals surface area contributed by atoms with E-state index >= 15 is 0 Å². The van der Waals surface area contributed by atoms with Crippen molar-refractivity contribution in [3.63, 3.8) is 0 Å². The topological polar surface area (TPSA) is 108 Å². The SMILES string of the molecule is CC1(C)O[C@@H]2[C@H](O1)[C@@H](CO)O[C@H]2n1cnc2c(N)cc(N(CCc3ccc(Br)cc3)Cc3ccccc3)nc21. The van der Waals surface area contributed by atoms with Crippen molar-refractivity contribution >= 4 is 38.6 Å². The highest BCUT2D eigenvalue weighted by molar-refractivity contribution is 9.10. The first-order chi connectivity index (χ1) is 18.8. The van der Waals surface area contributed by atoms with Gasteiger partial charge >= 0.3 is 0 Å². The number of aliphatic hydroxyl groups excluding tert-OH is 1. The number of nitrogens with two attached hydrogens (primary N) is 1. The Hall–Kier alpha value is -3.02. The minimum Gasteiger partial charge on any atom is -0.397 e. The summed E-state index contributed by atoms with van der Waals surface area (Å²) >= 11 is 3.52. The van der Waals surface area contributed by atoms with Crippen LogP contribution < -0.4 is 10.6 Å². The third kappa shape index (κ3) is 5.27. The van der Waals surface area contributed by atoms with Crippen LogP contribution >= 0.6 is 15.9 Å². The Morgan fingerprint density at radius 1 is 1.05 bits per heavy atom. The van der Waals surface area contributed by atoms with Gasteiger partial charge in [-0.25, -0.2) is 9.97 Å². The average Bonchev–Trinajstić information content (AvgIpc) is 3.58. The van der Waals surface area contributed by atoms with Crippen molar-refractivity contribution < 1.29 is 19.3 Å². The summed E-state index contributed by atoms with van der Waals surface area (Å²) in [5.41, 5.74) is 10.7. The van der Waals surface area contributed by atoms with Gasteiger partial charge in [0.05, 0.1) is 18.6 Å². The first-order valence-corrected chi connectivity index (χ1v) is 13.9. The molecule has 0 unspecified atom stereocenters. The normalized spacial score (nSPS) is 23.8. The number of fused-ring (bicyclic) bond motifs is 2. The van der Waals surface area contributed by atoms with Crippen molar-refractivity contribution in [2.45, 2.75) is 57.1 Å². The number of imidazole rings is 1. The van der Waals surface area contributed by atoms with Crippen LogP contribution in [0.4, 0.5) is 11.5 Å². The lowest BCUT2D eigenvalue weighted by Crippen LogP contribution is -2.31. The molecule has 2 fully saturated rings. The van der Waals surface area contributed by atoms with Crippen LogP contribution in [0.3, 0.4) is 0 Å². The number of anilines is 2. The van der Waals surface area contributed by atoms with Gasteiger partial charge in [0.1, 0.15) is 29.6 Å². The van der Waals surface area contributed by atoms with Crippen molar-refractivity contribution in [2.75, 3.05) is 23.8 Å². The summed E-state index contributed by atoms with van der Waals surface area (Å²) in [5, 5.41) is 9.95. The molecular weight excluding hydrogens is 562 g/mol. The number of halogens is 1. The largest absolute Gasteiger partial charge is 0.397 e. The van der Waals surface area contributed by atoms with Crippen LogP contribution in [0.25, 0.3) is 11.2 Å². The van der Waals surface area contributed by atoms with E-state index in [-0.39, 0.29) is 6.61 Å². The van der Waals surface area contributed by atoms with E-state index < -0.39 is 30.3 Å². The van der Waals surface area contributed by atoms with Gasteiger partial charge in [0.15, 0.2) is 17.7 Å². The quantitative estimate of drug-likeness (QED) is 0.309. The van der Waals surface area contributed by atoms with Gasteiger partial charge in [0, 0.05) is 23.6 Å². The van der Waals surface area contributed by atoms with Crippen LogP contribution in [-0.2, 0) is 27.2 Å². The Morgan fingerprint density at radius 3 is 2.54 bits per heavy atom. The standard InChI is InChI=1S/C29H32BrN5O4/c1-29(2)38-25-22(16-36)37-28(26(25)39-29)35-17-32-24-21(31)14-23(33-27(24)35)34(15-19-6-4-3-5-7-19)13-12-18-8-10-20(30)11-9-18/h3-11,14,17,22,25-26,28,36H,12-13,15-16H2,1-2H3,(H2,31,33)/t22-,25-,26-,28-/m1/s1. The lowest BCUT2D eigenvalue weighted by atomic mass is 10.1. The molecule has 2 aromatic carbocycles. The zero-order valence-electron chi connectivity index (χ0n) is 21.9. The van der Waals surface area contributed by atoms with Gasteiger partial charge in [0.25, 0.3) is 0 Å². The summed E-state index contributed by atoms with van der Waals surface area (Å²) in [7, 11) is 0. The number of rotatable bonds is 8. The molecule has 0 amide bonds. The van der Waals surface area contributed by atoms with E-state index in [2.05, 4.69) is 62.2 Å². The van der Waals surface area contributed by atoms with E-state index in [1.54, 1.807) is 6.33 Å². The Labute approximate surface area is 235 Å². The van der Waals surface area contributed by atoms with E-state index in [1.165, 1.54) is 11.1 Å². The fraction of sp³-hybridized carbons (Fsp3) is 0.379. The maximum Gasteiger partial charge on any atom is 0.166 e. The molecule has 0 radical (unpaired) electrons. The highest BCUT2D eigenvalue weighted by Crippen LogP contribution is 2.44. The highest BCUT2D eigenvalue weighted by Gasteiger charge is 2.56. The Morgan fingerprint density at radius 2 is 1.79 bits per heavy atom. The van der Waals surface area contributed by atoms with Crippen molar-refractivity contribution in [2.24, 2.45) is 0 Å². The third-order valence-corrected chi connectivity index (χ3v) is 7.78. The van der Waals surface area contributed by atoms with Crippen molar-refractivity contribution in [1.29, 1.82) is 0 Å². The third-order valence-electron chi connectivity index (χ3n) is 7.25. The van der Waals surface area contributed by atoms with E-state index in [1.807, 2.05) is 42.7 Å².